The highest BCUT2D eigenvalue weighted by Crippen LogP contribution is 2.22. The molecular weight excluding hydrogens is 281 g/mol. The fraction of sp³-hybridized carbons (Fsp3) is 0.278. The predicted molar refractivity (Wildman–Crippen MR) is 84.7 cm³/mol. The molecule has 1 N–H and O–H groups in total. The van der Waals surface area contributed by atoms with Crippen LogP contribution in [0, 0.1) is 19.7 Å². The van der Waals surface area contributed by atoms with Crippen molar-refractivity contribution in [3.05, 3.63) is 64.5 Å². The van der Waals surface area contributed by atoms with Gasteiger partial charge in [0.25, 0.3) is 5.91 Å². The summed E-state index contributed by atoms with van der Waals surface area (Å²) in [6, 6.07) is 10.1. The summed E-state index contributed by atoms with van der Waals surface area (Å²) in [4.78, 5) is 12.3. The molecule has 0 aliphatic rings. The van der Waals surface area contributed by atoms with Crippen molar-refractivity contribution in [2.75, 3.05) is 7.11 Å². The van der Waals surface area contributed by atoms with E-state index in [2.05, 4.69) is 5.32 Å². The van der Waals surface area contributed by atoms with Crippen LogP contribution in [0.4, 0.5) is 4.39 Å². The third kappa shape index (κ3) is 3.45. The Balaban J connectivity index is 2.15. The first-order valence-corrected chi connectivity index (χ1v) is 7.14. The number of hydrogen-bond donors (Lipinski definition) is 1. The Morgan fingerprint density at radius 1 is 1.18 bits per heavy atom. The normalized spacial score (nSPS) is 11.9. The number of rotatable bonds is 4. The minimum atomic E-state index is -0.437. The van der Waals surface area contributed by atoms with E-state index in [9.17, 15) is 9.18 Å². The maximum atomic E-state index is 13.7. The number of carbonyl (C=O) groups is 1. The standard InChI is InChI=1S/C18H20FNO2/c1-11-5-7-15(12(2)9-11)18(21)20-13(3)14-6-8-17(22-4)16(19)10-14/h5-10,13H,1-4H3,(H,20,21). The van der Waals surface area contributed by atoms with Gasteiger partial charge in [0.05, 0.1) is 13.2 Å². The number of benzene rings is 2. The molecule has 4 heteroatoms. The average molecular weight is 301 g/mol. The number of nitrogens with one attached hydrogen (secondary N) is 1. The van der Waals surface area contributed by atoms with E-state index in [1.54, 1.807) is 18.2 Å². The molecule has 3 nitrogen and oxygen atoms in total. The number of methoxy groups -OCH3 is 1. The number of carbonyl (C=O) groups excluding carboxylic acids is 1. The second-order valence-electron chi connectivity index (χ2n) is 5.41. The van der Waals surface area contributed by atoms with Crippen LogP contribution < -0.4 is 10.1 Å². The Labute approximate surface area is 130 Å². The zero-order valence-electron chi connectivity index (χ0n) is 13.2. The summed E-state index contributed by atoms with van der Waals surface area (Å²) in [5, 5.41) is 2.89. The third-order valence-electron chi connectivity index (χ3n) is 3.65. The van der Waals surface area contributed by atoms with Crippen LogP contribution in [0.15, 0.2) is 36.4 Å². The Morgan fingerprint density at radius 2 is 1.91 bits per heavy atom. The van der Waals surface area contributed by atoms with Crippen molar-refractivity contribution in [2.45, 2.75) is 26.8 Å². The van der Waals surface area contributed by atoms with E-state index in [1.807, 2.05) is 32.9 Å². The first kappa shape index (κ1) is 16.0. The van der Waals surface area contributed by atoms with Crippen molar-refractivity contribution in [1.82, 2.24) is 5.32 Å². The molecule has 2 rings (SSSR count). The summed E-state index contributed by atoms with van der Waals surface area (Å²) >= 11 is 0. The molecule has 0 heterocycles. The Bertz CT molecular complexity index is 697. The van der Waals surface area contributed by atoms with Crippen molar-refractivity contribution in [1.29, 1.82) is 0 Å². The van der Waals surface area contributed by atoms with E-state index in [0.29, 0.717) is 11.1 Å². The summed E-state index contributed by atoms with van der Waals surface area (Å²) in [5.74, 6) is -0.412. The van der Waals surface area contributed by atoms with Gasteiger partial charge in [0.15, 0.2) is 11.6 Å². The average Bonchev–Trinajstić information content (AvgIpc) is 2.46. The molecular formula is C18H20FNO2. The van der Waals surface area contributed by atoms with Crippen molar-refractivity contribution in [3.8, 4) is 5.75 Å². The maximum Gasteiger partial charge on any atom is 0.252 e. The molecule has 0 saturated carbocycles. The molecule has 2 aromatic carbocycles. The number of ether oxygens (including phenoxy) is 1. The summed E-state index contributed by atoms with van der Waals surface area (Å²) < 4.78 is 18.6. The summed E-state index contributed by atoms with van der Waals surface area (Å²) in [7, 11) is 1.42. The largest absolute Gasteiger partial charge is 0.494 e. The number of amides is 1. The van der Waals surface area contributed by atoms with Gasteiger partial charge >= 0.3 is 0 Å². The SMILES string of the molecule is COc1ccc(C(C)NC(=O)c2ccc(C)cc2C)cc1F. The van der Waals surface area contributed by atoms with Crippen molar-refractivity contribution in [2.24, 2.45) is 0 Å². The first-order valence-electron chi connectivity index (χ1n) is 7.14. The smallest absolute Gasteiger partial charge is 0.252 e. The van der Waals surface area contributed by atoms with Crippen LogP contribution in [0.5, 0.6) is 5.75 Å². The van der Waals surface area contributed by atoms with Gasteiger partial charge in [-0.1, -0.05) is 23.8 Å². The summed E-state index contributed by atoms with van der Waals surface area (Å²) in [6.45, 7) is 5.71. The van der Waals surface area contributed by atoms with Gasteiger partial charge in [-0.2, -0.15) is 0 Å². The fourth-order valence-electron chi connectivity index (χ4n) is 2.38. The lowest BCUT2D eigenvalue weighted by molar-refractivity contribution is 0.0939. The lowest BCUT2D eigenvalue weighted by Crippen LogP contribution is -2.27. The predicted octanol–water partition coefficient (Wildman–Crippen LogP) is 3.94. The second-order valence-corrected chi connectivity index (χ2v) is 5.41. The number of hydrogen-bond acceptors (Lipinski definition) is 2. The maximum absolute atomic E-state index is 13.7. The minimum absolute atomic E-state index is 0.166. The molecule has 0 bridgehead atoms. The summed E-state index contributed by atoms with van der Waals surface area (Å²) in [5.41, 5.74) is 3.35. The summed E-state index contributed by atoms with van der Waals surface area (Å²) in [6.07, 6.45) is 0. The zero-order chi connectivity index (χ0) is 16.3. The molecule has 0 saturated heterocycles. The molecule has 0 aromatic heterocycles. The van der Waals surface area contributed by atoms with Crippen LogP contribution in [-0.4, -0.2) is 13.0 Å². The molecule has 0 radical (unpaired) electrons. The van der Waals surface area contributed by atoms with Gasteiger partial charge in [-0.15, -0.1) is 0 Å². The van der Waals surface area contributed by atoms with E-state index in [4.69, 9.17) is 4.74 Å². The van der Waals surface area contributed by atoms with E-state index in [0.717, 1.165) is 11.1 Å². The van der Waals surface area contributed by atoms with Crippen LogP contribution in [0.2, 0.25) is 0 Å². The highest BCUT2D eigenvalue weighted by atomic mass is 19.1. The first-order chi connectivity index (χ1) is 10.4. The van der Waals surface area contributed by atoms with Crippen molar-refractivity contribution in [3.63, 3.8) is 0 Å². The van der Waals surface area contributed by atoms with Crippen LogP contribution in [-0.2, 0) is 0 Å². The van der Waals surface area contributed by atoms with E-state index in [1.165, 1.54) is 13.2 Å². The van der Waals surface area contributed by atoms with Crippen LogP contribution in [0.25, 0.3) is 0 Å². The molecule has 116 valence electrons. The van der Waals surface area contributed by atoms with Gasteiger partial charge in [0, 0.05) is 5.56 Å². The van der Waals surface area contributed by atoms with Crippen LogP contribution >= 0.6 is 0 Å². The molecule has 0 aliphatic heterocycles. The van der Waals surface area contributed by atoms with Gasteiger partial charge in [0.1, 0.15) is 0 Å². The highest BCUT2D eigenvalue weighted by molar-refractivity contribution is 5.95. The zero-order valence-corrected chi connectivity index (χ0v) is 13.2. The lowest BCUT2D eigenvalue weighted by atomic mass is 10.0. The quantitative estimate of drug-likeness (QED) is 0.929. The van der Waals surface area contributed by atoms with Crippen LogP contribution in [0.1, 0.15) is 40.0 Å². The Hall–Kier alpha value is -2.36. The van der Waals surface area contributed by atoms with Gasteiger partial charge in [-0.05, 0) is 50.1 Å². The Kier molecular flexibility index (Phi) is 4.81. The number of aryl methyl sites for hydroxylation is 2. The van der Waals surface area contributed by atoms with E-state index >= 15 is 0 Å². The third-order valence-corrected chi connectivity index (χ3v) is 3.65. The molecule has 2 aromatic rings. The van der Waals surface area contributed by atoms with E-state index < -0.39 is 5.82 Å². The van der Waals surface area contributed by atoms with Crippen LogP contribution in [0.3, 0.4) is 0 Å². The monoisotopic (exact) mass is 301 g/mol. The number of halogens is 1. The lowest BCUT2D eigenvalue weighted by Gasteiger charge is -2.16. The van der Waals surface area contributed by atoms with Gasteiger partial charge < -0.3 is 10.1 Å². The van der Waals surface area contributed by atoms with Crippen molar-refractivity contribution >= 4 is 5.91 Å². The van der Waals surface area contributed by atoms with E-state index in [-0.39, 0.29) is 17.7 Å². The molecule has 0 aliphatic carbocycles. The topological polar surface area (TPSA) is 38.3 Å². The molecule has 1 atom stereocenters. The highest BCUT2D eigenvalue weighted by Gasteiger charge is 2.15. The Morgan fingerprint density at radius 3 is 2.50 bits per heavy atom. The fourth-order valence-corrected chi connectivity index (χ4v) is 2.38. The van der Waals surface area contributed by atoms with Gasteiger partial charge in [-0.3, -0.25) is 4.79 Å². The molecule has 1 amide bonds. The van der Waals surface area contributed by atoms with Gasteiger partial charge in [-0.25, -0.2) is 4.39 Å². The second kappa shape index (κ2) is 6.60. The molecule has 0 spiro atoms. The molecule has 22 heavy (non-hydrogen) atoms. The molecule has 0 fully saturated rings. The van der Waals surface area contributed by atoms with Gasteiger partial charge in [0.2, 0.25) is 0 Å². The minimum Gasteiger partial charge on any atom is -0.494 e. The molecule has 1 unspecified atom stereocenters. The van der Waals surface area contributed by atoms with Crippen molar-refractivity contribution < 1.29 is 13.9 Å².